The first-order valence-electron chi connectivity index (χ1n) is 8.75. The Labute approximate surface area is 122 Å². The summed E-state index contributed by atoms with van der Waals surface area (Å²) >= 11 is 0. The molecule has 2 atom stereocenters. The molecule has 0 amide bonds. The fourth-order valence-electron chi connectivity index (χ4n) is 3.65. The minimum atomic E-state index is -0.860. The summed E-state index contributed by atoms with van der Waals surface area (Å²) in [5.41, 5.74) is 4.54. The van der Waals surface area contributed by atoms with E-state index in [1.54, 1.807) is 0 Å². The molecular weight excluding hydrogens is 246 g/mol. The zero-order valence-electron chi connectivity index (χ0n) is 14.0. The summed E-state index contributed by atoms with van der Waals surface area (Å²) in [6.07, 6.45) is 13.0. The first-order chi connectivity index (χ1) is 8.92. The van der Waals surface area contributed by atoms with Crippen LogP contribution in [0.15, 0.2) is 0 Å². The minimum Gasteiger partial charge on any atom is -0.355 e. The van der Waals surface area contributed by atoms with Crippen LogP contribution in [0.4, 0.5) is 0 Å². The molecule has 0 aromatic heterocycles. The van der Waals surface area contributed by atoms with Crippen LogP contribution in [0.5, 0.6) is 0 Å². The highest BCUT2D eigenvalue weighted by molar-refractivity contribution is 6.76. The lowest BCUT2D eigenvalue weighted by Crippen LogP contribution is -2.65. The molecule has 0 bridgehead atoms. The van der Waals surface area contributed by atoms with Crippen LogP contribution in [0.25, 0.3) is 0 Å². The first-order valence-corrected chi connectivity index (χ1v) is 12.5. The van der Waals surface area contributed by atoms with Crippen molar-refractivity contribution in [1.82, 2.24) is 0 Å². The molecule has 0 saturated heterocycles. The Hall–Kier alpha value is 0.177. The van der Waals surface area contributed by atoms with E-state index in [9.17, 15) is 0 Å². The standard InChI is InChI=1S/C17H37NSi/c1-5-9-15(12-13-19(2,3)4)14-17(18)16-10-7-6-8-11-16/h15-17H,5-14,18H2,1-4H3/p+1. The predicted octanol–water partition coefficient (Wildman–Crippen LogP) is 4.71. The van der Waals surface area contributed by atoms with Gasteiger partial charge in [0, 0.05) is 20.4 Å². The molecule has 19 heavy (non-hydrogen) atoms. The van der Waals surface area contributed by atoms with Crippen molar-refractivity contribution in [2.45, 2.75) is 96.4 Å². The number of quaternary nitrogens is 1. The SMILES string of the molecule is CCCC(CC[Si](C)(C)C)CC([NH3+])C1CCCCC1. The highest BCUT2D eigenvalue weighted by atomic mass is 28.3. The summed E-state index contributed by atoms with van der Waals surface area (Å²) in [7, 11) is -0.860. The van der Waals surface area contributed by atoms with Gasteiger partial charge in [0.15, 0.2) is 0 Å². The maximum atomic E-state index is 4.54. The van der Waals surface area contributed by atoms with Gasteiger partial charge < -0.3 is 5.73 Å². The average molecular weight is 285 g/mol. The van der Waals surface area contributed by atoms with E-state index in [1.807, 2.05) is 0 Å². The summed E-state index contributed by atoms with van der Waals surface area (Å²) < 4.78 is 0. The molecule has 2 heteroatoms. The van der Waals surface area contributed by atoms with Gasteiger partial charge in [-0.05, 0) is 18.8 Å². The third-order valence-corrected chi connectivity index (χ3v) is 6.74. The molecule has 114 valence electrons. The van der Waals surface area contributed by atoms with Crippen LogP contribution in [-0.4, -0.2) is 14.1 Å². The van der Waals surface area contributed by atoms with Crippen LogP contribution in [0.1, 0.15) is 64.7 Å². The molecule has 1 fully saturated rings. The van der Waals surface area contributed by atoms with Gasteiger partial charge in [0.2, 0.25) is 0 Å². The van der Waals surface area contributed by atoms with Crippen molar-refractivity contribution < 1.29 is 5.73 Å². The second kappa shape index (κ2) is 8.46. The van der Waals surface area contributed by atoms with Crippen molar-refractivity contribution in [2.75, 3.05) is 0 Å². The van der Waals surface area contributed by atoms with Crippen molar-refractivity contribution in [1.29, 1.82) is 0 Å². The van der Waals surface area contributed by atoms with Gasteiger partial charge in [0.25, 0.3) is 0 Å². The highest BCUT2D eigenvalue weighted by Crippen LogP contribution is 2.30. The number of hydrogen-bond donors (Lipinski definition) is 1. The molecule has 3 N–H and O–H groups in total. The van der Waals surface area contributed by atoms with E-state index in [1.165, 1.54) is 63.8 Å². The van der Waals surface area contributed by atoms with Crippen LogP contribution >= 0.6 is 0 Å². The third kappa shape index (κ3) is 7.50. The molecule has 0 spiro atoms. The summed E-state index contributed by atoms with van der Waals surface area (Å²) in [5.74, 6) is 1.90. The van der Waals surface area contributed by atoms with Gasteiger partial charge in [-0.25, -0.2) is 0 Å². The lowest BCUT2D eigenvalue weighted by molar-refractivity contribution is -0.438. The van der Waals surface area contributed by atoms with Crippen LogP contribution in [0.3, 0.4) is 0 Å². The van der Waals surface area contributed by atoms with Crippen LogP contribution in [0.2, 0.25) is 25.7 Å². The lowest BCUT2D eigenvalue weighted by atomic mass is 9.80. The van der Waals surface area contributed by atoms with Crippen molar-refractivity contribution in [3.8, 4) is 0 Å². The van der Waals surface area contributed by atoms with E-state index < -0.39 is 8.07 Å². The maximum absolute atomic E-state index is 4.54. The summed E-state index contributed by atoms with van der Waals surface area (Å²) in [5, 5.41) is 0. The molecule has 0 radical (unpaired) electrons. The Kier molecular flexibility index (Phi) is 7.67. The monoisotopic (exact) mass is 284 g/mol. The molecule has 1 aliphatic carbocycles. The molecule has 1 nitrogen and oxygen atoms in total. The topological polar surface area (TPSA) is 27.6 Å². The van der Waals surface area contributed by atoms with Crippen LogP contribution < -0.4 is 5.73 Å². The van der Waals surface area contributed by atoms with E-state index in [4.69, 9.17) is 0 Å². The molecule has 0 aromatic carbocycles. The van der Waals surface area contributed by atoms with Gasteiger partial charge in [-0.3, -0.25) is 0 Å². The van der Waals surface area contributed by atoms with E-state index in [0.717, 1.165) is 17.9 Å². The van der Waals surface area contributed by atoms with E-state index in [0.29, 0.717) is 0 Å². The molecule has 0 aromatic rings. The molecular formula is C17H38NSi+. The third-order valence-electron chi connectivity index (χ3n) is 4.95. The molecule has 0 aliphatic heterocycles. The molecule has 0 heterocycles. The number of hydrogen-bond acceptors (Lipinski definition) is 0. The largest absolute Gasteiger partial charge is 0.355 e. The Morgan fingerprint density at radius 1 is 1.05 bits per heavy atom. The van der Waals surface area contributed by atoms with Crippen molar-refractivity contribution in [2.24, 2.45) is 11.8 Å². The van der Waals surface area contributed by atoms with Crippen molar-refractivity contribution in [3.63, 3.8) is 0 Å². The zero-order chi connectivity index (χ0) is 14.3. The van der Waals surface area contributed by atoms with Crippen molar-refractivity contribution in [3.05, 3.63) is 0 Å². The van der Waals surface area contributed by atoms with Gasteiger partial charge >= 0.3 is 0 Å². The van der Waals surface area contributed by atoms with E-state index in [-0.39, 0.29) is 0 Å². The summed E-state index contributed by atoms with van der Waals surface area (Å²) in [4.78, 5) is 0. The van der Waals surface area contributed by atoms with Crippen LogP contribution in [-0.2, 0) is 0 Å². The molecule has 1 aliphatic rings. The minimum absolute atomic E-state index is 0.735. The quantitative estimate of drug-likeness (QED) is 0.625. The average Bonchev–Trinajstić information content (AvgIpc) is 2.36. The second-order valence-corrected chi connectivity index (χ2v) is 13.8. The van der Waals surface area contributed by atoms with E-state index in [2.05, 4.69) is 32.3 Å². The first kappa shape index (κ1) is 17.2. The maximum Gasteiger partial charge on any atom is 0.0874 e. The summed E-state index contributed by atoms with van der Waals surface area (Å²) in [6, 6.07) is 2.24. The second-order valence-electron chi connectivity index (χ2n) is 8.15. The van der Waals surface area contributed by atoms with Gasteiger partial charge in [-0.2, -0.15) is 0 Å². The van der Waals surface area contributed by atoms with Gasteiger partial charge in [-0.1, -0.05) is 71.1 Å². The van der Waals surface area contributed by atoms with Crippen molar-refractivity contribution >= 4 is 8.07 Å². The van der Waals surface area contributed by atoms with E-state index >= 15 is 0 Å². The lowest BCUT2D eigenvalue weighted by Gasteiger charge is -2.29. The fourth-order valence-corrected chi connectivity index (χ4v) is 4.93. The Balaban J connectivity index is 2.38. The summed E-state index contributed by atoms with van der Waals surface area (Å²) in [6.45, 7) is 9.89. The van der Waals surface area contributed by atoms with Gasteiger partial charge in [-0.15, -0.1) is 0 Å². The van der Waals surface area contributed by atoms with Gasteiger partial charge in [0.1, 0.15) is 0 Å². The van der Waals surface area contributed by atoms with Crippen LogP contribution in [0, 0.1) is 11.8 Å². The van der Waals surface area contributed by atoms with Gasteiger partial charge in [0.05, 0.1) is 6.04 Å². The Morgan fingerprint density at radius 2 is 1.68 bits per heavy atom. The Morgan fingerprint density at radius 3 is 2.21 bits per heavy atom. The predicted molar refractivity (Wildman–Crippen MR) is 89.0 cm³/mol. The molecule has 1 saturated carbocycles. The smallest absolute Gasteiger partial charge is 0.0874 e. The molecule has 1 rings (SSSR count). The molecule has 2 unspecified atom stereocenters. The Bertz CT molecular complexity index is 228. The fraction of sp³-hybridized carbons (Fsp3) is 1.00. The zero-order valence-corrected chi connectivity index (χ0v) is 15.0. The normalized spacial score (nSPS) is 21.3. The highest BCUT2D eigenvalue weighted by Gasteiger charge is 2.26. The number of rotatable bonds is 8.